The van der Waals surface area contributed by atoms with E-state index in [0.29, 0.717) is 0 Å². The average molecular weight is 293 g/mol. The van der Waals surface area contributed by atoms with Crippen molar-refractivity contribution < 1.29 is 4.74 Å². The van der Waals surface area contributed by atoms with Crippen molar-refractivity contribution >= 4 is 5.95 Å². The molecule has 1 heterocycles. The van der Waals surface area contributed by atoms with Gasteiger partial charge in [-0.2, -0.15) is 0 Å². The van der Waals surface area contributed by atoms with Crippen molar-refractivity contribution in [3.05, 3.63) is 11.9 Å². The van der Waals surface area contributed by atoms with Crippen LogP contribution in [-0.2, 0) is 11.3 Å². The second-order valence-electron chi connectivity index (χ2n) is 6.36. The number of hydrogen-bond donors (Lipinski definition) is 1. The van der Waals surface area contributed by atoms with Crippen LogP contribution in [-0.4, -0.2) is 29.3 Å². The maximum absolute atomic E-state index is 5.38. The van der Waals surface area contributed by atoms with Gasteiger partial charge in [0.1, 0.15) is 0 Å². The second kappa shape index (κ2) is 8.42. The molecule has 2 rings (SSSR count). The Morgan fingerprint density at radius 1 is 1.38 bits per heavy atom. The van der Waals surface area contributed by atoms with Crippen LogP contribution in [0.1, 0.15) is 51.6 Å². The minimum absolute atomic E-state index is 0.799. The molecule has 4 nitrogen and oxygen atoms in total. The monoisotopic (exact) mass is 293 g/mol. The van der Waals surface area contributed by atoms with Gasteiger partial charge in [0, 0.05) is 32.5 Å². The smallest absolute Gasteiger partial charge is 0.203 e. The molecule has 1 aliphatic rings. The van der Waals surface area contributed by atoms with Crippen LogP contribution in [0.15, 0.2) is 6.20 Å². The standard InChI is InChI=1S/C17H31N3O/c1-4-21-11-7-10-18-17-19-15(3)12-20(17)13-16-9-6-5-8-14(16)2/h12,14,16H,4-11,13H2,1-3H3,(H,18,19). The van der Waals surface area contributed by atoms with Gasteiger partial charge in [-0.15, -0.1) is 0 Å². The summed E-state index contributed by atoms with van der Waals surface area (Å²) in [5.41, 5.74) is 1.10. The van der Waals surface area contributed by atoms with Gasteiger partial charge in [0.25, 0.3) is 0 Å². The zero-order chi connectivity index (χ0) is 15.1. The molecule has 1 saturated carbocycles. The van der Waals surface area contributed by atoms with E-state index in [1.807, 2.05) is 6.92 Å². The summed E-state index contributed by atoms with van der Waals surface area (Å²) in [7, 11) is 0. The van der Waals surface area contributed by atoms with E-state index in [9.17, 15) is 0 Å². The van der Waals surface area contributed by atoms with E-state index in [2.05, 4.69) is 34.9 Å². The molecule has 0 bridgehead atoms. The Balaban J connectivity index is 1.87. The number of anilines is 1. The van der Waals surface area contributed by atoms with Crippen molar-refractivity contribution in [1.82, 2.24) is 9.55 Å². The molecule has 1 aliphatic carbocycles. The molecule has 1 fully saturated rings. The molecular weight excluding hydrogens is 262 g/mol. The first-order chi connectivity index (χ1) is 10.2. The molecule has 120 valence electrons. The lowest BCUT2D eigenvalue weighted by molar-refractivity contribution is 0.147. The summed E-state index contributed by atoms with van der Waals surface area (Å²) in [6, 6.07) is 0. The fraction of sp³-hybridized carbons (Fsp3) is 0.824. The molecule has 0 spiro atoms. The van der Waals surface area contributed by atoms with E-state index in [-0.39, 0.29) is 0 Å². The molecule has 2 atom stereocenters. The fourth-order valence-electron chi connectivity index (χ4n) is 3.26. The van der Waals surface area contributed by atoms with Crippen LogP contribution in [0.5, 0.6) is 0 Å². The fourth-order valence-corrected chi connectivity index (χ4v) is 3.26. The van der Waals surface area contributed by atoms with E-state index < -0.39 is 0 Å². The van der Waals surface area contributed by atoms with Crippen molar-refractivity contribution in [2.75, 3.05) is 25.1 Å². The minimum Gasteiger partial charge on any atom is -0.382 e. The number of imidazole rings is 1. The summed E-state index contributed by atoms with van der Waals surface area (Å²) in [5, 5.41) is 3.47. The van der Waals surface area contributed by atoms with Crippen molar-refractivity contribution in [3.63, 3.8) is 0 Å². The molecule has 21 heavy (non-hydrogen) atoms. The van der Waals surface area contributed by atoms with E-state index in [4.69, 9.17) is 4.74 Å². The Morgan fingerprint density at radius 3 is 2.95 bits per heavy atom. The summed E-state index contributed by atoms with van der Waals surface area (Å²) in [5.74, 6) is 2.67. The Labute approximate surface area is 129 Å². The lowest BCUT2D eigenvalue weighted by Gasteiger charge is -2.29. The zero-order valence-electron chi connectivity index (χ0n) is 13.9. The number of nitrogens with zero attached hydrogens (tertiary/aromatic N) is 2. The first-order valence-electron chi connectivity index (χ1n) is 8.56. The third kappa shape index (κ3) is 5.03. The van der Waals surface area contributed by atoms with Crippen LogP contribution in [0.4, 0.5) is 5.95 Å². The van der Waals surface area contributed by atoms with Crippen molar-refractivity contribution in [3.8, 4) is 0 Å². The summed E-state index contributed by atoms with van der Waals surface area (Å²) < 4.78 is 7.70. The highest BCUT2D eigenvalue weighted by molar-refractivity contribution is 5.28. The molecule has 1 aromatic rings. The van der Waals surface area contributed by atoms with Gasteiger partial charge in [-0.1, -0.05) is 26.2 Å². The van der Waals surface area contributed by atoms with E-state index in [0.717, 1.165) is 56.2 Å². The highest BCUT2D eigenvalue weighted by Gasteiger charge is 2.22. The van der Waals surface area contributed by atoms with Gasteiger partial charge in [0.05, 0.1) is 5.69 Å². The van der Waals surface area contributed by atoms with E-state index >= 15 is 0 Å². The molecule has 0 aromatic carbocycles. The molecule has 2 unspecified atom stereocenters. The largest absolute Gasteiger partial charge is 0.382 e. The lowest BCUT2D eigenvalue weighted by atomic mass is 9.80. The van der Waals surface area contributed by atoms with Crippen LogP contribution in [0.2, 0.25) is 0 Å². The molecular formula is C17H31N3O. The normalized spacial score (nSPS) is 22.4. The van der Waals surface area contributed by atoms with E-state index in [1.165, 1.54) is 25.7 Å². The topological polar surface area (TPSA) is 39.1 Å². The Kier molecular flexibility index (Phi) is 6.55. The number of aromatic nitrogens is 2. The summed E-state index contributed by atoms with van der Waals surface area (Å²) in [6.45, 7) is 10.2. The first kappa shape index (κ1) is 16.3. The van der Waals surface area contributed by atoms with Gasteiger partial charge >= 0.3 is 0 Å². The third-order valence-corrected chi connectivity index (χ3v) is 4.57. The molecule has 1 aromatic heterocycles. The molecule has 1 N–H and O–H groups in total. The van der Waals surface area contributed by atoms with Crippen molar-refractivity contribution in [1.29, 1.82) is 0 Å². The Bertz CT molecular complexity index is 416. The lowest BCUT2D eigenvalue weighted by Crippen LogP contribution is -2.22. The average Bonchev–Trinajstić information content (AvgIpc) is 2.81. The number of aryl methyl sites for hydroxylation is 1. The Morgan fingerprint density at radius 2 is 2.19 bits per heavy atom. The van der Waals surface area contributed by atoms with Gasteiger partial charge in [0.15, 0.2) is 0 Å². The highest BCUT2D eigenvalue weighted by atomic mass is 16.5. The molecule has 4 heteroatoms. The maximum atomic E-state index is 5.38. The Hall–Kier alpha value is -1.03. The number of ether oxygens (including phenoxy) is 1. The third-order valence-electron chi connectivity index (χ3n) is 4.57. The molecule has 0 amide bonds. The zero-order valence-corrected chi connectivity index (χ0v) is 13.9. The van der Waals surface area contributed by atoms with Crippen LogP contribution < -0.4 is 5.32 Å². The predicted octanol–water partition coefficient (Wildman–Crippen LogP) is 3.86. The molecule has 0 radical (unpaired) electrons. The van der Waals surface area contributed by atoms with Crippen molar-refractivity contribution in [2.45, 2.75) is 59.4 Å². The van der Waals surface area contributed by atoms with Gasteiger partial charge in [0.2, 0.25) is 5.95 Å². The summed E-state index contributed by atoms with van der Waals surface area (Å²) in [4.78, 5) is 4.63. The van der Waals surface area contributed by atoms with Gasteiger partial charge < -0.3 is 14.6 Å². The highest BCUT2D eigenvalue weighted by Crippen LogP contribution is 2.31. The van der Waals surface area contributed by atoms with Gasteiger partial charge in [-0.05, 0) is 38.5 Å². The van der Waals surface area contributed by atoms with Gasteiger partial charge in [-0.25, -0.2) is 4.98 Å². The quantitative estimate of drug-likeness (QED) is 0.740. The summed E-state index contributed by atoms with van der Waals surface area (Å²) in [6.07, 6.45) is 8.76. The van der Waals surface area contributed by atoms with Crippen LogP contribution in [0, 0.1) is 18.8 Å². The molecule has 0 aliphatic heterocycles. The van der Waals surface area contributed by atoms with Crippen molar-refractivity contribution in [2.24, 2.45) is 11.8 Å². The summed E-state index contributed by atoms with van der Waals surface area (Å²) >= 11 is 0. The minimum atomic E-state index is 0.799. The van der Waals surface area contributed by atoms with Crippen LogP contribution in [0.3, 0.4) is 0 Å². The van der Waals surface area contributed by atoms with Gasteiger partial charge in [-0.3, -0.25) is 0 Å². The van der Waals surface area contributed by atoms with Crippen LogP contribution >= 0.6 is 0 Å². The van der Waals surface area contributed by atoms with E-state index in [1.54, 1.807) is 0 Å². The van der Waals surface area contributed by atoms with Crippen LogP contribution in [0.25, 0.3) is 0 Å². The second-order valence-corrected chi connectivity index (χ2v) is 6.36. The predicted molar refractivity (Wildman–Crippen MR) is 87.7 cm³/mol. The number of nitrogens with one attached hydrogen (secondary N) is 1. The first-order valence-corrected chi connectivity index (χ1v) is 8.56. The number of hydrogen-bond acceptors (Lipinski definition) is 3. The molecule has 0 saturated heterocycles. The SMILES string of the molecule is CCOCCCNc1nc(C)cn1CC1CCCCC1C. The maximum Gasteiger partial charge on any atom is 0.203 e. The number of rotatable bonds is 8.